The lowest BCUT2D eigenvalue weighted by molar-refractivity contribution is 0.662. The molecule has 0 amide bonds. The lowest BCUT2D eigenvalue weighted by atomic mass is 10.1. The first-order valence-electron chi connectivity index (χ1n) is 6.33. The summed E-state index contributed by atoms with van der Waals surface area (Å²) in [5, 5.41) is 7.99. The van der Waals surface area contributed by atoms with Gasteiger partial charge in [-0.2, -0.15) is 5.10 Å². The molecule has 2 aromatic rings. The standard InChI is InChI=1S/C13H20N4S/c1-4-14-6-5-13-10(2)16-17(11(13)3)8-12-7-15-9-18-12/h7,9,14H,4-6,8H2,1-3H3. The van der Waals surface area contributed by atoms with Crippen LogP contribution in [0, 0.1) is 13.8 Å². The van der Waals surface area contributed by atoms with Gasteiger partial charge in [0.15, 0.2) is 0 Å². The van der Waals surface area contributed by atoms with Gasteiger partial charge >= 0.3 is 0 Å². The number of thiazole rings is 1. The Labute approximate surface area is 112 Å². The van der Waals surface area contributed by atoms with Crippen molar-refractivity contribution in [2.24, 2.45) is 0 Å². The van der Waals surface area contributed by atoms with Gasteiger partial charge < -0.3 is 5.32 Å². The molecule has 0 aromatic carbocycles. The highest BCUT2D eigenvalue weighted by Crippen LogP contribution is 2.16. The number of aromatic nitrogens is 3. The van der Waals surface area contributed by atoms with Crippen LogP contribution in [0.1, 0.15) is 28.8 Å². The topological polar surface area (TPSA) is 42.7 Å². The molecule has 0 saturated heterocycles. The van der Waals surface area contributed by atoms with E-state index in [0.717, 1.165) is 31.7 Å². The van der Waals surface area contributed by atoms with Gasteiger partial charge in [-0.3, -0.25) is 9.67 Å². The molecule has 0 saturated carbocycles. The lowest BCUT2D eigenvalue weighted by Gasteiger charge is -2.04. The fraction of sp³-hybridized carbons (Fsp3) is 0.538. The molecule has 0 atom stereocenters. The van der Waals surface area contributed by atoms with E-state index in [1.54, 1.807) is 11.3 Å². The Morgan fingerprint density at radius 1 is 1.39 bits per heavy atom. The number of hydrogen-bond acceptors (Lipinski definition) is 4. The molecule has 0 spiro atoms. The summed E-state index contributed by atoms with van der Waals surface area (Å²) in [6, 6.07) is 0. The second-order valence-corrected chi connectivity index (χ2v) is 5.35. The molecule has 0 aliphatic heterocycles. The van der Waals surface area contributed by atoms with E-state index in [1.165, 1.54) is 16.1 Å². The van der Waals surface area contributed by atoms with Crippen molar-refractivity contribution in [3.05, 3.63) is 33.5 Å². The van der Waals surface area contributed by atoms with E-state index in [2.05, 4.69) is 40.9 Å². The average molecular weight is 264 g/mol. The van der Waals surface area contributed by atoms with Gasteiger partial charge in [-0.1, -0.05) is 6.92 Å². The molecule has 0 radical (unpaired) electrons. The van der Waals surface area contributed by atoms with Crippen LogP contribution >= 0.6 is 11.3 Å². The molecule has 1 N–H and O–H groups in total. The molecule has 4 nitrogen and oxygen atoms in total. The van der Waals surface area contributed by atoms with E-state index in [-0.39, 0.29) is 0 Å². The maximum atomic E-state index is 4.63. The third-order valence-corrected chi connectivity index (χ3v) is 3.89. The molecule has 0 unspecified atom stereocenters. The van der Waals surface area contributed by atoms with Crippen LogP contribution in [0.15, 0.2) is 11.7 Å². The lowest BCUT2D eigenvalue weighted by Crippen LogP contribution is -2.16. The molecule has 0 fully saturated rings. The summed E-state index contributed by atoms with van der Waals surface area (Å²) >= 11 is 1.68. The van der Waals surface area contributed by atoms with Gasteiger partial charge in [-0.05, 0) is 38.9 Å². The Balaban J connectivity index is 2.10. The van der Waals surface area contributed by atoms with Crippen molar-refractivity contribution in [3.8, 4) is 0 Å². The molecule has 2 heterocycles. The Morgan fingerprint density at radius 3 is 2.89 bits per heavy atom. The molecule has 0 aliphatic rings. The minimum Gasteiger partial charge on any atom is -0.317 e. The van der Waals surface area contributed by atoms with Gasteiger partial charge in [-0.25, -0.2) is 0 Å². The molecular formula is C13H20N4S. The second-order valence-electron chi connectivity index (χ2n) is 4.38. The van der Waals surface area contributed by atoms with Crippen LogP contribution in [0.3, 0.4) is 0 Å². The summed E-state index contributed by atoms with van der Waals surface area (Å²) in [7, 11) is 0. The van der Waals surface area contributed by atoms with Crippen molar-refractivity contribution in [2.45, 2.75) is 33.7 Å². The number of rotatable bonds is 6. The molecule has 2 aromatic heterocycles. The quantitative estimate of drug-likeness (QED) is 0.813. The van der Waals surface area contributed by atoms with Gasteiger partial charge in [0.25, 0.3) is 0 Å². The van der Waals surface area contributed by atoms with Crippen molar-refractivity contribution in [3.63, 3.8) is 0 Å². The van der Waals surface area contributed by atoms with Crippen LogP contribution in [0.5, 0.6) is 0 Å². The Morgan fingerprint density at radius 2 is 2.22 bits per heavy atom. The third-order valence-electron chi connectivity index (χ3n) is 3.12. The van der Waals surface area contributed by atoms with E-state index in [1.807, 2.05) is 11.7 Å². The van der Waals surface area contributed by atoms with Crippen LogP contribution in [-0.4, -0.2) is 27.9 Å². The summed E-state index contributed by atoms with van der Waals surface area (Å²) in [6.07, 6.45) is 2.97. The van der Waals surface area contributed by atoms with Crippen molar-refractivity contribution < 1.29 is 0 Å². The summed E-state index contributed by atoms with van der Waals surface area (Å²) in [5.41, 5.74) is 5.67. The van der Waals surface area contributed by atoms with Crippen molar-refractivity contribution >= 4 is 11.3 Å². The summed E-state index contributed by atoms with van der Waals surface area (Å²) in [6.45, 7) is 9.25. The molecule has 18 heavy (non-hydrogen) atoms. The van der Waals surface area contributed by atoms with Crippen molar-refractivity contribution in [1.82, 2.24) is 20.1 Å². The zero-order valence-electron chi connectivity index (χ0n) is 11.2. The monoisotopic (exact) mass is 264 g/mol. The summed E-state index contributed by atoms with van der Waals surface area (Å²) in [5.74, 6) is 0. The highest BCUT2D eigenvalue weighted by Gasteiger charge is 2.11. The van der Waals surface area contributed by atoms with E-state index in [4.69, 9.17) is 0 Å². The highest BCUT2D eigenvalue weighted by atomic mass is 32.1. The molecule has 5 heteroatoms. The second kappa shape index (κ2) is 6.11. The predicted molar refractivity (Wildman–Crippen MR) is 75.2 cm³/mol. The Hall–Kier alpha value is -1.20. The van der Waals surface area contributed by atoms with Gasteiger partial charge in [-0.15, -0.1) is 11.3 Å². The third kappa shape index (κ3) is 2.97. The van der Waals surface area contributed by atoms with Crippen LogP contribution in [0.25, 0.3) is 0 Å². The van der Waals surface area contributed by atoms with Crippen LogP contribution in [-0.2, 0) is 13.0 Å². The highest BCUT2D eigenvalue weighted by molar-refractivity contribution is 7.09. The molecule has 0 aliphatic carbocycles. The SMILES string of the molecule is CCNCCc1c(C)nn(Cc2cncs2)c1C. The number of nitrogens with one attached hydrogen (secondary N) is 1. The summed E-state index contributed by atoms with van der Waals surface area (Å²) < 4.78 is 2.09. The van der Waals surface area contributed by atoms with Crippen LogP contribution in [0.2, 0.25) is 0 Å². The van der Waals surface area contributed by atoms with Gasteiger partial charge in [0.05, 0.1) is 17.7 Å². The van der Waals surface area contributed by atoms with Crippen molar-refractivity contribution in [2.75, 3.05) is 13.1 Å². The number of likely N-dealkylation sites (N-methyl/N-ethyl adjacent to an activating group) is 1. The Bertz CT molecular complexity index is 487. The number of nitrogens with zero attached hydrogens (tertiary/aromatic N) is 3. The predicted octanol–water partition coefficient (Wildman–Crippen LogP) is 2.16. The zero-order valence-corrected chi connectivity index (χ0v) is 12.0. The molecule has 2 rings (SSSR count). The van der Waals surface area contributed by atoms with Gasteiger partial charge in [0.2, 0.25) is 0 Å². The first-order chi connectivity index (χ1) is 8.72. The zero-order chi connectivity index (χ0) is 13.0. The normalized spacial score (nSPS) is 11.1. The van der Waals surface area contributed by atoms with Gasteiger partial charge in [0, 0.05) is 16.8 Å². The van der Waals surface area contributed by atoms with Crippen molar-refractivity contribution in [1.29, 1.82) is 0 Å². The molecular weight excluding hydrogens is 244 g/mol. The van der Waals surface area contributed by atoms with E-state index < -0.39 is 0 Å². The fourth-order valence-corrected chi connectivity index (χ4v) is 2.68. The van der Waals surface area contributed by atoms with Gasteiger partial charge in [0.1, 0.15) is 0 Å². The first kappa shape index (κ1) is 13.2. The minimum absolute atomic E-state index is 0.832. The largest absolute Gasteiger partial charge is 0.317 e. The summed E-state index contributed by atoms with van der Waals surface area (Å²) in [4.78, 5) is 5.35. The first-order valence-corrected chi connectivity index (χ1v) is 7.21. The van der Waals surface area contributed by atoms with Crippen LogP contribution in [0.4, 0.5) is 0 Å². The maximum Gasteiger partial charge on any atom is 0.0794 e. The number of hydrogen-bond donors (Lipinski definition) is 1. The maximum absolute atomic E-state index is 4.63. The number of aryl methyl sites for hydroxylation is 1. The van der Waals surface area contributed by atoms with E-state index in [0.29, 0.717) is 0 Å². The van der Waals surface area contributed by atoms with E-state index >= 15 is 0 Å². The molecule has 0 bridgehead atoms. The fourth-order valence-electron chi connectivity index (χ4n) is 2.11. The van der Waals surface area contributed by atoms with E-state index in [9.17, 15) is 0 Å². The van der Waals surface area contributed by atoms with Crippen LogP contribution < -0.4 is 5.32 Å². The minimum atomic E-state index is 0.832. The molecule has 98 valence electrons. The smallest absolute Gasteiger partial charge is 0.0794 e. The average Bonchev–Trinajstić information content (AvgIpc) is 2.93. The Kier molecular flexibility index (Phi) is 4.49.